The first-order valence-electron chi connectivity index (χ1n) is 7.04. The molecule has 1 aliphatic carbocycles. The average molecular weight is 278 g/mol. The monoisotopic (exact) mass is 278 g/mol. The van der Waals surface area contributed by atoms with Crippen LogP contribution in [0.4, 0.5) is 4.79 Å². The van der Waals surface area contributed by atoms with Crippen LogP contribution in [0, 0.1) is 0 Å². The predicted octanol–water partition coefficient (Wildman–Crippen LogP) is 1.89. The maximum Gasteiger partial charge on any atom is 0.404 e. The van der Waals surface area contributed by atoms with Crippen LogP contribution in [0.5, 0.6) is 0 Å². The molecule has 0 aromatic heterocycles. The highest BCUT2D eigenvalue weighted by molar-refractivity contribution is 5.64. The first kappa shape index (κ1) is 14.8. The maximum atomic E-state index is 10.6. The van der Waals surface area contributed by atoms with Crippen molar-refractivity contribution in [2.75, 3.05) is 0 Å². The highest BCUT2D eigenvalue weighted by Gasteiger charge is 2.30. The average Bonchev–Trinajstić information content (AvgIpc) is 2.42. The molecule has 4 atom stereocenters. The molecule has 0 bridgehead atoms. The Morgan fingerprint density at radius 2 is 2.00 bits per heavy atom. The third kappa shape index (κ3) is 3.95. The molecule has 5 nitrogen and oxygen atoms in total. The number of amides is 1. The first-order valence-corrected chi connectivity index (χ1v) is 7.04. The van der Waals surface area contributed by atoms with Gasteiger partial charge in [0.1, 0.15) is 0 Å². The number of rotatable bonds is 4. The van der Waals surface area contributed by atoms with Crippen LogP contribution in [-0.2, 0) is 0 Å². The van der Waals surface area contributed by atoms with Crippen molar-refractivity contribution >= 4 is 6.09 Å². The number of carboxylic acid groups (broad SMARTS) is 1. The summed E-state index contributed by atoms with van der Waals surface area (Å²) in [6.45, 7) is 2.07. The van der Waals surface area contributed by atoms with E-state index < -0.39 is 12.2 Å². The molecule has 110 valence electrons. The van der Waals surface area contributed by atoms with Crippen LogP contribution >= 0.6 is 0 Å². The summed E-state index contributed by atoms with van der Waals surface area (Å²) < 4.78 is 0. The van der Waals surface area contributed by atoms with Gasteiger partial charge in [-0.3, -0.25) is 0 Å². The van der Waals surface area contributed by atoms with Gasteiger partial charge in [0.15, 0.2) is 0 Å². The van der Waals surface area contributed by atoms with Crippen LogP contribution in [-0.4, -0.2) is 34.5 Å². The van der Waals surface area contributed by atoms with E-state index in [1.54, 1.807) is 0 Å². The van der Waals surface area contributed by atoms with Crippen LogP contribution < -0.4 is 10.6 Å². The Labute approximate surface area is 119 Å². The van der Waals surface area contributed by atoms with Crippen molar-refractivity contribution in [1.82, 2.24) is 10.6 Å². The molecule has 20 heavy (non-hydrogen) atoms. The largest absolute Gasteiger partial charge is 0.465 e. The molecule has 0 aliphatic heterocycles. The van der Waals surface area contributed by atoms with E-state index in [4.69, 9.17) is 5.11 Å². The highest BCUT2D eigenvalue weighted by atomic mass is 16.4. The molecule has 1 unspecified atom stereocenters. The summed E-state index contributed by atoms with van der Waals surface area (Å²) >= 11 is 0. The zero-order valence-electron chi connectivity index (χ0n) is 11.6. The fourth-order valence-electron chi connectivity index (χ4n) is 2.81. The van der Waals surface area contributed by atoms with E-state index in [1.165, 1.54) is 5.56 Å². The summed E-state index contributed by atoms with van der Waals surface area (Å²) in [5, 5.41) is 24.7. The van der Waals surface area contributed by atoms with Crippen molar-refractivity contribution in [3.05, 3.63) is 35.9 Å². The predicted molar refractivity (Wildman–Crippen MR) is 76.6 cm³/mol. The van der Waals surface area contributed by atoms with E-state index >= 15 is 0 Å². The van der Waals surface area contributed by atoms with Gasteiger partial charge in [-0.1, -0.05) is 30.3 Å². The molecular weight excluding hydrogens is 256 g/mol. The lowest BCUT2D eigenvalue weighted by atomic mass is 9.88. The molecule has 0 heterocycles. The summed E-state index contributed by atoms with van der Waals surface area (Å²) in [7, 11) is 0. The fraction of sp³-hybridized carbons (Fsp3) is 0.533. The van der Waals surface area contributed by atoms with Gasteiger partial charge in [0.25, 0.3) is 0 Å². The molecule has 0 spiro atoms. The molecule has 1 aromatic rings. The minimum absolute atomic E-state index is 0.0112. The van der Waals surface area contributed by atoms with E-state index in [0.29, 0.717) is 6.42 Å². The van der Waals surface area contributed by atoms with E-state index in [0.717, 1.165) is 12.8 Å². The first-order chi connectivity index (χ1) is 9.56. The number of aliphatic hydroxyl groups excluding tert-OH is 1. The lowest BCUT2D eigenvalue weighted by Gasteiger charge is -2.35. The minimum atomic E-state index is -1.02. The normalized spacial score (nSPS) is 27.8. The van der Waals surface area contributed by atoms with Gasteiger partial charge in [0, 0.05) is 18.1 Å². The lowest BCUT2D eigenvalue weighted by molar-refractivity contribution is 0.0704. The van der Waals surface area contributed by atoms with Crippen LogP contribution in [0.15, 0.2) is 30.3 Å². The van der Waals surface area contributed by atoms with E-state index in [-0.39, 0.29) is 18.1 Å². The van der Waals surface area contributed by atoms with Crippen LogP contribution in [0.2, 0.25) is 0 Å². The topological polar surface area (TPSA) is 81.6 Å². The minimum Gasteiger partial charge on any atom is -0.465 e. The van der Waals surface area contributed by atoms with E-state index in [9.17, 15) is 9.90 Å². The SMILES string of the molecule is CC(N[C@@H]1CC[C@@H](NC(=O)O)C[C@H]1O)c1ccccc1. The number of nitrogens with one attached hydrogen (secondary N) is 2. The Kier molecular flexibility index (Phi) is 4.98. The number of hydrogen-bond acceptors (Lipinski definition) is 3. The molecular formula is C15H22N2O3. The van der Waals surface area contributed by atoms with Gasteiger partial charge in [-0.25, -0.2) is 4.79 Å². The highest BCUT2D eigenvalue weighted by Crippen LogP contribution is 2.22. The second-order valence-electron chi connectivity index (χ2n) is 5.43. The third-order valence-electron chi connectivity index (χ3n) is 3.91. The molecule has 1 aliphatic rings. The number of aliphatic hydroxyl groups is 1. The number of carbonyl (C=O) groups is 1. The Hall–Kier alpha value is -1.59. The van der Waals surface area contributed by atoms with Crippen molar-refractivity contribution in [1.29, 1.82) is 0 Å². The second kappa shape index (κ2) is 6.72. The molecule has 1 fully saturated rings. The van der Waals surface area contributed by atoms with Crippen molar-refractivity contribution in [3.8, 4) is 0 Å². The van der Waals surface area contributed by atoms with E-state index in [1.807, 2.05) is 18.2 Å². The lowest BCUT2D eigenvalue weighted by Crippen LogP contribution is -2.50. The number of hydrogen-bond donors (Lipinski definition) is 4. The van der Waals surface area contributed by atoms with Gasteiger partial charge >= 0.3 is 6.09 Å². The van der Waals surface area contributed by atoms with Crippen LogP contribution in [0.25, 0.3) is 0 Å². The molecule has 1 saturated carbocycles. The fourth-order valence-corrected chi connectivity index (χ4v) is 2.81. The molecule has 4 N–H and O–H groups in total. The molecule has 5 heteroatoms. The summed E-state index contributed by atoms with van der Waals surface area (Å²) in [5.74, 6) is 0. The summed E-state index contributed by atoms with van der Waals surface area (Å²) in [6, 6.07) is 10.1. The second-order valence-corrected chi connectivity index (χ2v) is 5.43. The maximum absolute atomic E-state index is 10.6. The molecule has 2 rings (SSSR count). The smallest absolute Gasteiger partial charge is 0.404 e. The standard InChI is InChI=1S/C15H22N2O3/c1-10(11-5-3-2-4-6-11)16-13-8-7-12(9-14(13)18)17-15(19)20/h2-6,10,12-14,16-18H,7-9H2,1H3,(H,19,20)/t10?,12-,13-,14-/m1/s1. The van der Waals surface area contributed by atoms with E-state index in [2.05, 4.69) is 29.7 Å². The van der Waals surface area contributed by atoms with Crippen molar-refractivity contribution < 1.29 is 15.0 Å². The van der Waals surface area contributed by atoms with Crippen molar-refractivity contribution in [2.24, 2.45) is 0 Å². The summed E-state index contributed by atoms with van der Waals surface area (Å²) in [5.41, 5.74) is 1.19. The van der Waals surface area contributed by atoms with Gasteiger partial charge in [-0.15, -0.1) is 0 Å². The van der Waals surface area contributed by atoms with Crippen molar-refractivity contribution in [2.45, 2.75) is 50.4 Å². The van der Waals surface area contributed by atoms with Crippen LogP contribution in [0.1, 0.15) is 37.8 Å². The Bertz CT molecular complexity index is 438. The van der Waals surface area contributed by atoms with Gasteiger partial charge in [0.2, 0.25) is 0 Å². The zero-order chi connectivity index (χ0) is 14.5. The third-order valence-corrected chi connectivity index (χ3v) is 3.91. The van der Waals surface area contributed by atoms with Crippen molar-refractivity contribution in [3.63, 3.8) is 0 Å². The number of benzene rings is 1. The Balaban J connectivity index is 1.87. The van der Waals surface area contributed by atoms with Crippen LogP contribution in [0.3, 0.4) is 0 Å². The van der Waals surface area contributed by atoms with Gasteiger partial charge in [-0.05, 0) is 31.7 Å². The molecule has 0 radical (unpaired) electrons. The molecule has 0 saturated heterocycles. The summed E-state index contributed by atoms with van der Waals surface area (Å²) in [4.78, 5) is 10.6. The van der Waals surface area contributed by atoms with Gasteiger partial charge in [0.05, 0.1) is 6.10 Å². The molecule has 1 aromatic carbocycles. The quantitative estimate of drug-likeness (QED) is 0.678. The zero-order valence-corrected chi connectivity index (χ0v) is 11.6. The van der Waals surface area contributed by atoms with Gasteiger partial charge < -0.3 is 20.8 Å². The van der Waals surface area contributed by atoms with Gasteiger partial charge in [-0.2, -0.15) is 0 Å². The summed E-state index contributed by atoms with van der Waals surface area (Å²) in [6.07, 6.45) is 0.440. The Morgan fingerprint density at radius 1 is 1.30 bits per heavy atom. The Morgan fingerprint density at radius 3 is 2.60 bits per heavy atom. The molecule has 1 amide bonds.